The number of hydrogen-bond donors (Lipinski definition) is 0. The second-order valence-corrected chi connectivity index (χ2v) is 29.2. The molecular weight excluding hydrogens is 1730 g/mol. The molecule has 0 amide bonds. The van der Waals surface area contributed by atoms with Crippen LogP contribution in [0.1, 0.15) is 33.9 Å². The molecule has 18 rings (SSSR count). The quantitative estimate of drug-likeness (QED) is 0.0934. The molecule has 14 aromatic rings. The fourth-order valence-electron chi connectivity index (χ4n) is 13.2. The monoisotopic (exact) mass is 1750 g/mol. The number of aryl methyl sites for hydroxylation is 1. The van der Waals surface area contributed by atoms with E-state index in [-0.39, 0.29) is 186 Å². The maximum Gasteiger partial charge on any atom is 2.00 e. The van der Waals surface area contributed by atoms with Gasteiger partial charge in [-0.2, -0.15) is 0 Å². The van der Waals surface area contributed by atoms with Crippen LogP contribution in [0.2, 0.25) is 70.3 Å². The van der Waals surface area contributed by atoms with E-state index >= 15 is 0 Å². The Kier molecular flexibility index (Phi) is 20.6. The summed E-state index contributed by atoms with van der Waals surface area (Å²) < 4.78 is 0. The van der Waals surface area contributed by atoms with E-state index in [1.165, 1.54) is 0 Å². The van der Waals surface area contributed by atoms with E-state index in [9.17, 15) is 0 Å². The van der Waals surface area contributed by atoms with Gasteiger partial charge >= 0.3 is 36.5 Å². The molecule has 1 radical (unpaired) electrons. The summed E-state index contributed by atoms with van der Waals surface area (Å²) in [5.41, 5.74) is 16.9. The van der Waals surface area contributed by atoms with Gasteiger partial charge < -0.3 is 39.9 Å². The normalized spacial score (nSPS) is 11.9. The Labute approximate surface area is 695 Å². The SMILES string of the molecule is C1=Cc2nc1c(-c1ccccc1)c1ccc([n-]1)c(-c1ccccc1)c1nc(c(-c3ccccc3)c3ccc([n-]3)c2-c2ccccc2)C=C1.Cc1c(Cl)c(Cl)c(Cl)c2c1-c1nc-2nc2[n-]c(nc3nc(nc4[n-]c(n1)c1c(Cl)c(Cl)c(Cl)c(Cl)c41)-c1c(Cl)c(Cl)c(Cl)c(Cl)c1-3)c1c(C)c(Cl)c(Cl)c(Cl)c21.[Cu+2].[Zn+2]. The fourth-order valence-corrected chi connectivity index (χ4v) is 16.8. The minimum atomic E-state index is -0.0708. The van der Waals surface area contributed by atoms with Crippen molar-refractivity contribution in [3.05, 3.63) is 250 Å². The Bertz CT molecular complexity index is 5810. The first-order chi connectivity index (χ1) is 50.2. The molecule has 0 saturated heterocycles. The first kappa shape index (κ1) is 74.4. The van der Waals surface area contributed by atoms with E-state index in [0.717, 1.165) is 89.4 Å². The van der Waals surface area contributed by atoms with Gasteiger partial charge in [0.25, 0.3) is 0 Å². The number of aromatic nitrogens is 12. The van der Waals surface area contributed by atoms with E-state index in [1.54, 1.807) is 13.8 Å². The zero-order valence-electron chi connectivity index (χ0n) is 53.8. The largest absolute Gasteiger partial charge is 2.00 e. The fraction of sp³-hybridized carbons (Fsp3) is 0.0256. The molecule has 106 heavy (non-hydrogen) atoms. The van der Waals surface area contributed by atoms with Crippen LogP contribution in [0, 0.1) is 13.8 Å². The van der Waals surface area contributed by atoms with Crippen LogP contribution < -0.4 is 19.9 Å². The summed E-state index contributed by atoms with van der Waals surface area (Å²) in [6.45, 7) is 3.42. The standard InChI is InChI=1S/C44H28N4.C34H6Cl14N8.Cu.Zn/c1-5-13-29(14-6-1)41-33-21-23-35(45-33)42(30-15-7-2-8-16-30)37-25-27-39(47-37)44(32-19-11-4-12-20-32)40-28-26-38(48-40)43(31-17-9-3-10-18-31)36-24-22-34(41)46-36;1-3-5-7(15(37)21(43)13(3)35)29-49-27(5)51-31-9-11(19(41)25(47)23(45)17(9)39)33(54-31)56-34-12-10(18(40)24(46)26(48)20(12)42)32(55-34)52-28-6-4(2)14(36)22(44)16(38)8(6)30(50-28)53-29;;/h1-28H;1-2H3;;/q2*-2;2*+2. The minimum Gasteiger partial charge on any atom is -0.657 e. The number of rotatable bonds is 4. The molecule has 12 nitrogen and oxygen atoms in total. The third kappa shape index (κ3) is 12.3. The van der Waals surface area contributed by atoms with Crippen LogP contribution >= 0.6 is 162 Å². The molecule has 0 N–H and O–H groups in total. The van der Waals surface area contributed by atoms with Crippen molar-refractivity contribution in [3.8, 4) is 90.1 Å². The van der Waals surface area contributed by atoms with Crippen molar-refractivity contribution in [2.75, 3.05) is 0 Å². The van der Waals surface area contributed by atoms with E-state index in [2.05, 4.69) is 146 Å². The van der Waals surface area contributed by atoms with Gasteiger partial charge in [-0.3, -0.25) is 0 Å². The van der Waals surface area contributed by atoms with Crippen molar-refractivity contribution in [2.45, 2.75) is 13.8 Å². The summed E-state index contributed by atoms with van der Waals surface area (Å²) in [5, 5.41) is 0.987. The average molecular weight is 1760 g/mol. The van der Waals surface area contributed by atoms with Crippen LogP contribution in [-0.2, 0) is 36.5 Å². The van der Waals surface area contributed by atoms with Gasteiger partial charge in [-0.1, -0.05) is 308 Å². The van der Waals surface area contributed by atoms with Gasteiger partial charge in [-0.15, -0.1) is 22.1 Å². The zero-order chi connectivity index (χ0) is 72.0. The summed E-state index contributed by atoms with van der Waals surface area (Å²) >= 11 is 94.2. The number of benzene rings is 8. The number of nitrogens with zero attached hydrogens (tertiary/aromatic N) is 12. The van der Waals surface area contributed by atoms with Crippen LogP contribution in [0.3, 0.4) is 0 Å². The maximum atomic E-state index is 6.90. The van der Waals surface area contributed by atoms with E-state index in [4.69, 9.17) is 222 Å². The first-order valence-corrected chi connectivity index (χ1v) is 36.6. The number of fused-ring (bicyclic) bond motifs is 28. The van der Waals surface area contributed by atoms with Crippen LogP contribution in [0.15, 0.2) is 146 Å². The van der Waals surface area contributed by atoms with Gasteiger partial charge in [0.2, 0.25) is 0 Å². The third-order valence-electron chi connectivity index (χ3n) is 18.0. The number of hydrogen-bond acceptors (Lipinski definition) is 8. The van der Waals surface area contributed by atoms with E-state index in [1.807, 2.05) is 24.3 Å². The second kappa shape index (κ2) is 29.4. The molecule has 517 valence electrons. The second-order valence-electron chi connectivity index (χ2n) is 24.0. The molecule has 28 heteroatoms. The first-order valence-electron chi connectivity index (χ1n) is 31.3. The Hall–Kier alpha value is -7.08. The smallest absolute Gasteiger partial charge is 0.657 e. The summed E-state index contributed by atoms with van der Waals surface area (Å²) in [7, 11) is 0. The van der Waals surface area contributed by atoms with Crippen molar-refractivity contribution < 1.29 is 36.5 Å². The molecule has 0 aliphatic carbocycles. The molecule has 4 aliphatic rings. The van der Waals surface area contributed by atoms with Crippen LogP contribution in [-0.4, -0.2) is 39.9 Å². The predicted octanol–water partition coefficient (Wildman–Crippen LogP) is 26.5. The molecule has 8 aromatic carbocycles. The van der Waals surface area contributed by atoms with Gasteiger partial charge in [0.15, 0.2) is 0 Å². The molecule has 0 fully saturated rings. The summed E-state index contributed by atoms with van der Waals surface area (Å²) in [6.07, 6.45) is 8.41. The molecule has 4 aliphatic heterocycles. The van der Waals surface area contributed by atoms with Crippen molar-refractivity contribution >= 4 is 253 Å². The Morgan fingerprint density at radius 3 is 0.792 bits per heavy atom. The molecule has 16 bridgehead atoms. The molecule has 6 aromatic heterocycles. The number of halogens is 14. The Morgan fingerprint density at radius 1 is 0.226 bits per heavy atom. The van der Waals surface area contributed by atoms with Crippen molar-refractivity contribution in [1.82, 2.24) is 59.8 Å². The Morgan fingerprint density at radius 2 is 0.472 bits per heavy atom. The van der Waals surface area contributed by atoms with Gasteiger partial charge in [-0.05, 0) is 93.8 Å². The van der Waals surface area contributed by atoms with Crippen LogP contribution in [0.5, 0.6) is 0 Å². The molecule has 0 saturated carbocycles. The Balaban J connectivity index is 0.000000168. The van der Waals surface area contributed by atoms with Gasteiger partial charge in [-0.25, -0.2) is 19.9 Å². The summed E-state index contributed by atoms with van der Waals surface area (Å²) in [4.78, 5) is 59.7. The predicted molar refractivity (Wildman–Crippen MR) is 432 cm³/mol. The molecule has 0 atom stereocenters. The minimum absolute atomic E-state index is 0. The topological polar surface area (TPSA) is 160 Å². The van der Waals surface area contributed by atoms with Crippen LogP contribution in [0.4, 0.5) is 0 Å². The summed E-state index contributed by atoms with van der Waals surface area (Å²) in [6, 6.07) is 50.0. The van der Waals surface area contributed by atoms with E-state index < -0.39 is 0 Å². The van der Waals surface area contributed by atoms with Gasteiger partial charge in [0.05, 0.1) is 116 Å². The average Bonchev–Trinajstić information content (AvgIpc) is 1.56. The molecule has 0 unspecified atom stereocenters. The maximum absolute atomic E-state index is 6.90. The van der Waals surface area contributed by atoms with E-state index in [0.29, 0.717) is 22.1 Å². The summed E-state index contributed by atoms with van der Waals surface area (Å²) in [5.74, 6) is -0.0216. The van der Waals surface area contributed by atoms with Crippen molar-refractivity contribution in [1.29, 1.82) is 0 Å². The van der Waals surface area contributed by atoms with Gasteiger partial charge in [0.1, 0.15) is 0 Å². The molecule has 0 spiro atoms. The zero-order valence-corrected chi connectivity index (χ0v) is 68.3. The third-order valence-corrected chi connectivity index (χ3v) is 24.4. The van der Waals surface area contributed by atoms with Crippen molar-refractivity contribution in [2.24, 2.45) is 0 Å². The van der Waals surface area contributed by atoms with Gasteiger partial charge in [0, 0.05) is 66.4 Å². The van der Waals surface area contributed by atoms with Crippen LogP contribution in [0.25, 0.3) is 181 Å². The molecular formula is C78H34Cl14CuN12Zn. The van der Waals surface area contributed by atoms with Crippen molar-refractivity contribution in [3.63, 3.8) is 0 Å². The molecule has 10 heterocycles.